The third-order valence-corrected chi connectivity index (χ3v) is 3.61. The number of benzene rings is 2. The van der Waals surface area contributed by atoms with E-state index in [9.17, 15) is 14.7 Å². The number of amides is 1. The van der Waals surface area contributed by atoms with E-state index in [4.69, 9.17) is 14.2 Å². The Morgan fingerprint density at radius 2 is 1.77 bits per heavy atom. The number of phenolic OH excluding ortho intramolecular Hbond substituents is 1. The van der Waals surface area contributed by atoms with Crippen LogP contribution >= 0.6 is 0 Å². The summed E-state index contributed by atoms with van der Waals surface area (Å²) in [6.07, 6.45) is 0.470. The summed E-state index contributed by atoms with van der Waals surface area (Å²) < 4.78 is 15.1. The van der Waals surface area contributed by atoms with Crippen molar-refractivity contribution < 1.29 is 28.9 Å². The Morgan fingerprint density at radius 3 is 2.46 bits per heavy atom. The van der Waals surface area contributed by atoms with E-state index in [1.165, 1.54) is 20.3 Å². The number of aromatic hydroxyl groups is 1. The highest BCUT2D eigenvalue weighted by Crippen LogP contribution is 2.26. The van der Waals surface area contributed by atoms with Gasteiger partial charge < -0.3 is 24.6 Å². The lowest BCUT2D eigenvalue weighted by Crippen LogP contribution is -2.21. The number of hydrogen-bond acceptors (Lipinski definition) is 6. The summed E-state index contributed by atoms with van der Waals surface area (Å²) in [4.78, 5) is 23.7. The molecule has 0 aliphatic heterocycles. The number of nitrogens with one attached hydrogen (secondary N) is 1. The van der Waals surface area contributed by atoms with Gasteiger partial charge >= 0.3 is 5.97 Å². The van der Waals surface area contributed by atoms with E-state index in [1.54, 1.807) is 36.4 Å². The molecule has 0 radical (unpaired) electrons. The standard InChI is InChI=1S/C19H21NO6/c1-24-16-6-4-3-5-14(16)20-18(22)12-26-19(23)10-8-13-7-9-17(25-2)15(21)11-13/h3-7,9,11,21H,8,10,12H2,1-2H3,(H,20,22). The molecule has 7 nitrogen and oxygen atoms in total. The minimum absolute atomic E-state index is 0.00885. The SMILES string of the molecule is COc1ccc(CCC(=O)OCC(=O)Nc2ccccc2OC)cc1O. The molecule has 7 heteroatoms. The molecule has 0 saturated carbocycles. The monoisotopic (exact) mass is 359 g/mol. The second-order valence-electron chi connectivity index (χ2n) is 5.42. The first kappa shape index (κ1) is 19.1. The molecule has 0 aromatic heterocycles. The average molecular weight is 359 g/mol. The molecule has 0 atom stereocenters. The van der Waals surface area contributed by atoms with Crippen LogP contribution in [-0.4, -0.2) is 37.8 Å². The van der Waals surface area contributed by atoms with E-state index in [0.717, 1.165) is 5.56 Å². The van der Waals surface area contributed by atoms with Crippen LogP contribution < -0.4 is 14.8 Å². The zero-order valence-corrected chi connectivity index (χ0v) is 14.7. The first-order valence-electron chi connectivity index (χ1n) is 7.98. The molecular weight excluding hydrogens is 338 g/mol. The first-order chi connectivity index (χ1) is 12.5. The highest BCUT2D eigenvalue weighted by atomic mass is 16.5. The summed E-state index contributed by atoms with van der Waals surface area (Å²) in [5, 5.41) is 12.3. The lowest BCUT2D eigenvalue weighted by molar-refractivity contribution is -0.147. The van der Waals surface area contributed by atoms with Gasteiger partial charge in [0.2, 0.25) is 0 Å². The van der Waals surface area contributed by atoms with E-state index in [1.807, 2.05) is 0 Å². The van der Waals surface area contributed by atoms with E-state index in [-0.39, 0.29) is 18.8 Å². The van der Waals surface area contributed by atoms with E-state index < -0.39 is 11.9 Å². The molecule has 0 aliphatic carbocycles. The van der Waals surface area contributed by atoms with Crippen LogP contribution in [0.5, 0.6) is 17.2 Å². The molecule has 0 spiro atoms. The predicted molar refractivity (Wildman–Crippen MR) is 95.6 cm³/mol. The number of methoxy groups -OCH3 is 2. The van der Waals surface area contributed by atoms with Crippen LogP contribution in [0.2, 0.25) is 0 Å². The molecule has 2 aromatic rings. The Bertz CT molecular complexity index is 774. The minimum Gasteiger partial charge on any atom is -0.504 e. The van der Waals surface area contributed by atoms with Gasteiger partial charge in [-0.3, -0.25) is 9.59 Å². The molecule has 0 fully saturated rings. The van der Waals surface area contributed by atoms with Gasteiger partial charge in [0.05, 0.1) is 19.9 Å². The van der Waals surface area contributed by atoms with Gasteiger partial charge in [-0.1, -0.05) is 18.2 Å². The third-order valence-electron chi connectivity index (χ3n) is 3.61. The lowest BCUT2D eigenvalue weighted by Gasteiger charge is -2.10. The van der Waals surface area contributed by atoms with E-state index in [0.29, 0.717) is 23.6 Å². The predicted octanol–water partition coefficient (Wildman–Crippen LogP) is 2.52. The van der Waals surface area contributed by atoms with E-state index in [2.05, 4.69) is 5.32 Å². The minimum atomic E-state index is -0.504. The molecule has 2 rings (SSSR count). The molecule has 2 aromatic carbocycles. The topological polar surface area (TPSA) is 94.1 Å². The van der Waals surface area contributed by atoms with Crippen LogP contribution in [0, 0.1) is 0 Å². The number of rotatable bonds is 8. The number of carbonyl (C=O) groups excluding carboxylic acids is 2. The normalized spacial score (nSPS) is 10.1. The molecule has 0 unspecified atom stereocenters. The van der Waals surface area contributed by atoms with Crippen LogP contribution in [-0.2, 0) is 20.7 Å². The van der Waals surface area contributed by atoms with Crippen molar-refractivity contribution in [3.63, 3.8) is 0 Å². The summed E-state index contributed by atoms with van der Waals surface area (Å²) >= 11 is 0. The largest absolute Gasteiger partial charge is 0.504 e. The van der Waals surface area contributed by atoms with Crippen molar-refractivity contribution in [2.45, 2.75) is 12.8 Å². The number of anilines is 1. The fourth-order valence-corrected chi connectivity index (χ4v) is 2.29. The van der Waals surface area contributed by atoms with Gasteiger partial charge in [-0.25, -0.2) is 0 Å². The van der Waals surface area contributed by atoms with Crippen molar-refractivity contribution in [3.05, 3.63) is 48.0 Å². The summed E-state index contributed by atoms with van der Waals surface area (Å²) in [6, 6.07) is 11.8. The number of phenols is 1. The number of esters is 1. The quantitative estimate of drug-likeness (QED) is 0.704. The molecule has 0 heterocycles. The molecular formula is C19H21NO6. The Kier molecular flexibility index (Phi) is 6.84. The summed E-state index contributed by atoms with van der Waals surface area (Å²) in [7, 11) is 2.96. The van der Waals surface area contributed by atoms with Crippen molar-refractivity contribution in [1.29, 1.82) is 0 Å². The maximum Gasteiger partial charge on any atom is 0.306 e. The zero-order valence-electron chi connectivity index (χ0n) is 14.7. The highest BCUT2D eigenvalue weighted by Gasteiger charge is 2.11. The van der Waals surface area contributed by atoms with Crippen molar-refractivity contribution in [2.75, 3.05) is 26.1 Å². The van der Waals surface area contributed by atoms with Gasteiger partial charge in [-0.2, -0.15) is 0 Å². The fraction of sp³-hybridized carbons (Fsp3) is 0.263. The lowest BCUT2D eigenvalue weighted by atomic mass is 10.1. The molecule has 0 aliphatic rings. The fourth-order valence-electron chi connectivity index (χ4n) is 2.29. The zero-order chi connectivity index (χ0) is 18.9. The smallest absolute Gasteiger partial charge is 0.306 e. The van der Waals surface area contributed by atoms with Gasteiger partial charge in [0.15, 0.2) is 18.1 Å². The third kappa shape index (κ3) is 5.41. The van der Waals surface area contributed by atoms with Crippen molar-refractivity contribution >= 4 is 17.6 Å². The Morgan fingerprint density at radius 1 is 1.04 bits per heavy atom. The summed E-state index contributed by atoms with van der Waals surface area (Å²) in [5.41, 5.74) is 1.27. The Balaban J connectivity index is 1.77. The highest BCUT2D eigenvalue weighted by molar-refractivity contribution is 5.94. The van der Waals surface area contributed by atoms with Crippen LogP contribution in [0.15, 0.2) is 42.5 Å². The molecule has 1 amide bonds. The van der Waals surface area contributed by atoms with Gasteiger partial charge in [0.25, 0.3) is 5.91 Å². The van der Waals surface area contributed by atoms with Gasteiger partial charge in [-0.05, 0) is 36.2 Å². The summed E-state index contributed by atoms with van der Waals surface area (Å²) in [6.45, 7) is -0.384. The molecule has 2 N–H and O–H groups in total. The number of carbonyl (C=O) groups is 2. The van der Waals surface area contributed by atoms with Crippen LogP contribution in [0.3, 0.4) is 0 Å². The Hall–Kier alpha value is -3.22. The Labute approximate surface area is 151 Å². The molecule has 138 valence electrons. The number of para-hydroxylation sites is 2. The van der Waals surface area contributed by atoms with Gasteiger partial charge in [0.1, 0.15) is 5.75 Å². The number of aryl methyl sites for hydroxylation is 1. The van der Waals surface area contributed by atoms with Crippen LogP contribution in [0.1, 0.15) is 12.0 Å². The number of ether oxygens (including phenoxy) is 3. The molecule has 0 saturated heterocycles. The van der Waals surface area contributed by atoms with Crippen LogP contribution in [0.25, 0.3) is 0 Å². The van der Waals surface area contributed by atoms with Crippen molar-refractivity contribution in [3.8, 4) is 17.2 Å². The van der Waals surface area contributed by atoms with Gasteiger partial charge in [0, 0.05) is 6.42 Å². The second kappa shape index (κ2) is 9.31. The van der Waals surface area contributed by atoms with Crippen molar-refractivity contribution in [2.24, 2.45) is 0 Å². The van der Waals surface area contributed by atoms with Crippen LogP contribution in [0.4, 0.5) is 5.69 Å². The maximum absolute atomic E-state index is 11.9. The van der Waals surface area contributed by atoms with Crippen molar-refractivity contribution in [1.82, 2.24) is 0 Å². The second-order valence-corrected chi connectivity index (χ2v) is 5.42. The van der Waals surface area contributed by atoms with E-state index >= 15 is 0 Å². The maximum atomic E-state index is 11.9. The average Bonchev–Trinajstić information content (AvgIpc) is 2.65. The number of hydrogen-bond donors (Lipinski definition) is 2. The molecule has 0 bridgehead atoms. The first-order valence-corrected chi connectivity index (χ1v) is 7.98. The molecule has 26 heavy (non-hydrogen) atoms. The summed E-state index contributed by atoms with van der Waals surface area (Å²) in [5.74, 6) is -0.0641. The van der Waals surface area contributed by atoms with Gasteiger partial charge in [-0.15, -0.1) is 0 Å².